The molecule has 1 unspecified atom stereocenters. The number of nitrogens with zero attached hydrogens (tertiary/aromatic N) is 5. The van der Waals surface area contributed by atoms with Gasteiger partial charge in [-0.1, -0.05) is 31.9 Å². The van der Waals surface area contributed by atoms with Gasteiger partial charge in [-0.05, 0) is 30.5 Å². The number of unbranched alkanes of at least 4 members (excludes halogenated alkanes) is 2. The summed E-state index contributed by atoms with van der Waals surface area (Å²) in [6.07, 6.45) is 5.18. The number of hydrogen-bond donors (Lipinski definition) is 2. The lowest BCUT2D eigenvalue weighted by Crippen LogP contribution is -2.48. The topological polar surface area (TPSA) is 157 Å². The van der Waals surface area contributed by atoms with Gasteiger partial charge in [0.1, 0.15) is 6.04 Å². The van der Waals surface area contributed by atoms with Crippen molar-refractivity contribution in [1.82, 2.24) is 19.7 Å². The standard InChI is InChI=1S/C29H39N5O7/c1-2-3-4-5-27(35)23-8-9-24(30-19-23)20-31-12-13-32(21-28(36)37)15-17-33(16-14-31)26(29(38)39)18-22-6-10-25(11-7-22)34(40)41/h6-11,19,26H,2-5,12-18,20-21H2,1H3,(H,36,37)(H,38,39). The summed E-state index contributed by atoms with van der Waals surface area (Å²) in [5, 5.41) is 30.5. The van der Waals surface area contributed by atoms with Crippen molar-refractivity contribution in [2.24, 2.45) is 0 Å². The molecule has 2 N–H and O–H groups in total. The van der Waals surface area contributed by atoms with Crippen LogP contribution in [0.2, 0.25) is 0 Å². The number of ketones is 1. The van der Waals surface area contributed by atoms with E-state index in [9.17, 15) is 34.7 Å². The van der Waals surface area contributed by atoms with Crippen LogP contribution in [0.3, 0.4) is 0 Å². The highest BCUT2D eigenvalue weighted by Crippen LogP contribution is 2.17. The summed E-state index contributed by atoms with van der Waals surface area (Å²) in [5.74, 6) is -1.89. The van der Waals surface area contributed by atoms with E-state index < -0.39 is 22.9 Å². The third-order valence-corrected chi connectivity index (χ3v) is 7.34. The van der Waals surface area contributed by atoms with Crippen molar-refractivity contribution in [3.63, 3.8) is 0 Å². The number of benzene rings is 1. The van der Waals surface area contributed by atoms with E-state index in [2.05, 4.69) is 16.8 Å². The predicted molar refractivity (Wildman–Crippen MR) is 152 cm³/mol. The van der Waals surface area contributed by atoms with Gasteiger partial charge in [-0.3, -0.25) is 44.2 Å². The van der Waals surface area contributed by atoms with Gasteiger partial charge in [-0.25, -0.2) is 0 Å². The number of Topliss-reactive ketones (excluding diaryl/α,β-unsaturated/α-hetero) is 1. The van der Waals surface area contributed by atoms with Gasteiger partial charge in [0.2, 0.25) is 0 Å². The summed E-state index contributed by atoms with van der Waals surface area (Å²) in [5.41, 5.74) is 1.96. The smallest absolute Gasteiger partial charge is 0.321 e. The molecule has 1 saturated heterocycles. The monoisotopic (exact) mass is 569 g/mol. The Balaban J connectivity index is 1.73. The molecule has 0 saturated carbocycles. The molecule has 1 fully saturated rings. The first kappa shape index (κ1) is 31.8. The lowest BCUT2D eigenvalue weighted by Gasteiger charge is -2.30. The Morgan fingerprint density at radius 1 is 0.951 bits per heavy atom. The Labute approximate surface area is 239 Å². The van der Waals surface area contributed by atoms with Crippen molar-refractivity contribution < 1.29 is 29.5 Å². The second kappa shape index (κ2) is 15.9. The number of carboxylic acid groups (broad SMARTS) is 2. The van der Waals surface area contributed by atoms with Crippen LogP contribution in [0.4, 0.5) is 5.69 Å². The zero-order chi connectivity index (χ0) is 29.8. The number of carbonyl (C=O) groups excluding carboxylic acids is 1. The summed E-state index contributed by atoms with van der Waals surface area (Å²) in [4.78, 5) is 57.0. The third-order valence-electron chi connectivity index (χ3n) is 7.34. The van der Waals surface area contributed by atoms with E-state index in [0.29, 0.717) is 63.4 Å². The number of nitro groups is 1. The number of non-ortho nitro benzene ring substituents is 1. The van der Waals surface area contributed by atoms with Gasteiger partial charge in [-0.2, -0.15) is 0 Å². The first-order valence-electron chi connectivity index (χ1n) is 14.0. The fraction of sp³-hybridized carbons (Fsp3) is 0.517. The fourth-order valence-electron chi connectivity index (χ4n) is 4.92. The highest BCUT2D eigenvalue weighted by atomic mass is 16.6. The molecular formula is C29H39N5O7. The average Bonchev–Trinajstić information content (AvgIpc) is 3.03. The SMILES string of the molecule is CCCCCC(=O)c1ccc(CN2CCN(CC(=O)O)CCN(C(Cc3ccc([N+](=O)[O-])cc3)C(=O)O)CC2)nc1. The van der Waals surface area contributed by atoms with Crippen LogP contribution >= 0.6 is 0 Å². The minimum Gasteiger partial charge on any atom is -0.480 e. The molecule has 1 aromatic heterocycles. The van der Waals surface area contributed by atoms with Gasteiger partial charge in [0.15, 0.2) is 5.78 Å². The van der Waals surface area contributed by atoms with E-state index in [1.807, 2.05) is 11.0 Å². The van der Waals surface area contributed by atoms with Gasteiger partial charge >= 0.3 is 11.9 Å². The van der Waals surface area contributed by atoms with Gasteiger partial charge in [-0.15, -0.1) is 0 Å². The van der Waals surface area contributed by atoms with Crippen LogP contribution in [0.25, 0.3) is 0 Å². The van der Waals surface area contributed by atoms with E-state index in [-0.39, 0.29) is 24.4 Å². The van der Waals surface area contributed by atoms with Crippen molar-refractivity contribution in [1.29, 1.82) is 0 Å². The molecule has 12 heteroatoms. The molecule has 41 heavy (non-hydrogen) atoms. The van der Waals surface area contributed by atoms with E-state index >= 15 is 0 Å². The van der Waals surface area contributed by atoms with Crippen molar-refractivity contribution >= 4 is 23.4 Å². The summed E-state index contributed by atoms with van der Waals surface area (Å²) >= 11 is 0. The predicted octanol–water partition coefficient (Wildman–Crippen LogP) is 2.95. The molecular weight excluding hydrogens is 530 g/mol. The molecule has 0 spiro atoms. The van der Waals surface area contributed by atoms with Crippen LogP contribution in [0, 0.1) is 10.1 Å². The summed E-state index contributed by atoms with van der Waals surface area (Å²) < 4.78 is 0. The summed E-state index contributed by atoms with van der Waals surface area (Å²) in [6.45, 7) is 5.18. The molecule has 12 nitrogen and oxygen atoms in total. The maximum absolute atomic E-state index is 12.4. The normalized spacial score (nSPS) is 16.3. The maximum atomic E-state index is 12.4. The fourth-order valence-corrected chi connectivity index (χ4v) is 4.92. The largest absolute Gasteiger partial charge is 0.480 e. The number of nitro benzene ring substituents is 1. The third kappa shape index (κ3) is 10.3. The van der Waals surface area contributed by atoms with E-state index in [4.69, 9.17) is 0 Å². The first-order valence-corrected chi connectivity index (χ1v) is 14.0. The van der Waals surface area contributed by atoms with Crippen molar-refractivity contribution in [2.75, 3.05) is 45.8 Å². The van der Waals surface area contributed by atoms with Crippen LogP contribution < -0.4 is 0 Å². The molecule has 2 heterocycles. The highest BCUT2D eigenvalue weighted by molar-refractivity contribution is 5.95. The number of aliphatic carboxylic acids is 2. The molecule has 1 aliphatic rings. The number of aromatic nitrogens is 1. The molecule has 1 aliphatic heterocycles. The Hall–Kier alpha value is -3.74. The molecule has 1 aromatic carbocycles. The number of rotatable bonds is 14. The summed E-state index contributed by atoms with van der Waals surface area (Å²) in [6, 6.07) is 8.59. The van der Waals surface area contributed by atoms with Crippen LogP contribution in [-0.2, 0) is 22.6 Å². The molecule has 3 rings (SSSR count). The van der Waals surface area contributed by atoms with Gasteiger partial charge < -0.3 is 10.2 Å². The molecule has 222 valence electrons. The van der Waals surface area contributed by atoms with Crippen molar-refractivity contribution in [3.05, 3.63) is 69.5 Å². The number of carboxylic acids is 2. The zero-order valence-electron chi connectivity index (χ0n) is 23.5. The second-order valence-corrected chi connectivity index (χ2v) is 10.4. The van der Waals surface area contributed by atoms with Gasteiger partial charge in [0.25, 0.3) is 5.69 Å². The lowest BCUT2D eigenvalue weighted by molar-refractivity contribution is -0.384. The van der Waals surface area contributed by atoms with Gasteiger partial charge in [0, 0.05) is 76.1 Å². The van der Waals surface area contributed by atoms with Crippen molar-refractivity contribution in [2.45, 2.75) is 51.6 Å². The minimum absolute atomic E-state index is 0.0640. The maximum Gasteiger partial charge on any atom is 0.321 e. The first-order chi connectivity index (χ1) is 19.7. The van der Waals surface area contributed by atoms with E-state index in [1.54, 1.807) is 29.3 Å². The Kier molecular flexibility index (Phi) is 12.3. The lowest BCUT2D eigenvalue weighted by atomic mass is 10.0. The molecule has 2 aromatic rings. The van der Waals surface area contributed by atoms with Crippen LogP contribution in [-0.4, -0.2) is 104 Å². The molecule has 0 radical (unpaired) electrons. The zero-order valence-corrected chi connectivity index (χ0v) is 23.5. The molecule has 0 amide bonds. The Morgan fingerprint density at radius 3 is 2.20 bits per heavy atom. The van der Waals surface area contributed by atoms with Crippen LogP contribution in [0.5, 0.6) is 0 Å². The van der Waals surface area contributed by atoms with Crippen LogP contribution in [0.1, 0.15) is 54.2 Å². The minimum atomic E-state index is -1.01. The van der Waals surface area contributed by atoms with Crippen LogP contribution in [0.15, 0.2) is 42.6 Å². The van der Waals surface area contributed by atoms with Crippen molar-refractivity contribution in [3.8, 4) is 0 Å². The summed E-state index contributed by atoms with van der Waals surface area (Å²) in [7, 11) is 0. The second-order valence-electron chi connectivity index (χ2n) is 10.4. The average molecular weight is 570 g/mol. The molecule has 1 atom stereocenters. The van der Waals surface area contributed by atoms with E-state index in [0.717, 1.165) is 25.0 Å². The number of pyridine rings is 1. The van der Waals surface area contributed by atoms with Gasteiger partial charge in [0.05, 0.1) is 17.2 Å². The highest BCUT2D eigenvalue weighted by Gasteiger charge is 2.28. The quantitative estimate of drug-likeness (QED) is 0.149. The number of carbonyl (C=O) groups is 3. The Morgan fingerprint density at radius 2 is 1.61 bits per heavy atom. The Bertz CT molecular complexity index is 1170. The molecule has 0 aliphatic carbocycles. The number of hydrogen-bond acceptors (Lipinski definition) is 9. The molecule has 0 bridgehead atoms. The van der Waals surface area contributed by atoms with E-state index in [1.165, 1.54) is 12.1 Å².